The van der Waals surface area contributed by atoms with E-state index in [1.807, 2.05) is 0 Å². The van der Waals surface area contributed by atoms with E-state index in [9.17, 15) is 5.11 Å². The van der Waals surface area contributed by atoms with Crippen LogP contribution in [0.15, 0.2) is 11.1 Å². The Bertz CT molecular complexity index is 216. The van der Waals surface area contributed by atoms with Gasteiger partial charge in [0.05, 0.1) is 6.61 Å². The third kappa shape index (κ3) is 1.79. The molecule has 0 saturated heterocycles. The molecule has 0 aromatic carbocycles. The Hall–Kier alpha value is -0.340. The first kappa shape index (κ1) is 10.7. The molecule has 1 unspecified atom stereocenters. The molecule has 0 spiro atoms. The van der Waals surface area contributed by atoms with Gasteiger partial charge in [-0.05, 0) is 29.7 Å². The van der Waals surface area contributed by atoms with E-state index >= 15 is 0 Å². The zero-order valence-electron chi connectivity index (χ0n) is 8.80. The molecule has 0 heterocycles. The minimum absolute atomic E-state index is 0.154. The van der Waals surface area contributed by atoms with Gasteiger partial charge in [-0.25, -0.2) is 0 Å². The molecular weight excluding hydrogens is 164 g/mol. The largest absolute Gasteiger partial charge is 0.396 e. The predicted octanol–water partition coefficient (Wildman–Crippen LogP) is 1.72. The zero-order chi connectivity index (χ0) is 10.1. The number of hydrogen-bond acceptors (Lipinski definition) is 2. The van der Waals surface area contributed by atoms with Crippen LogP contribution in [0.3, 0.4) is 0 Å². The summed E-state index contributed by atoms with van der Waals surface area (Å²) in [4.78, 5) is 0. The Morgan fingerprint density at radius 1 is 1.38 bits per heavy atom. The van der Waals surface area contributed by atoms with E-state index in [1.54, 1.807) is 0 Å². The second-order valence-corrected chi connectivity index (χ2v) is 4.54. The van der Waals surface area contributed by atoms with Crippen molar-refractivity contribution in [2.24, 2.45) is 11.3 Å². The van der Waals surface area contributed by atoms with Crippen LogP contribution in [0.2, 0.25) is 0 Å². The molecule has 2 heteroatoms. The van der Waals surface area contributed by atoms with Gasteiger partial charge in [-0.3, -0.25) is 0 Å². The third-order valence-corrected chi connectivity index (χ3v) is 3.54. The number of aliphatic hydroxyl groups excluding tert-OH is 2. The van der Waals surface area contributed by atoms with Crippen LogP contribution in [-0.4, -0.2) is 23.4 Å². The maximum atomic E-state index is 9.17. The summed E-state index contributed by atoms with van der Waals surface area (Å²) in [5.74, 6) is 0.580. The van der Waals surface area contributed by atoms with Crippen molar-refractivity contribution in [3.8, 4) is 0 Å². The van der Waals surface area contributed by atoms with E-state index in [-0.39, 0.29) is 18.6 Å². The van der Waals surface area contributed by atoms with Gasteiger partial charge in [-0.2, -0.15) is 0 Å². The van der Waals surface area contributed by atoms with Gasteiger partial charge in [0.1, 0.15) is 0 Å². The standard InChI is InChI=1S/C11H20O2/c1-8-6-9(7-13)10(4-5-12)11(8,2)3/h8,12-13H,4-7H2,1-3H3. The van der Waals surface area contributed by atoms with Crippen LogP contribution in [0.25, 0.3) is 0 Å². The normalized spacial score (nSPS) is 27.0. The second-order valence-electron chi connectivity index (χ2n) is 4.54. The summed E-state index contributed by atoms with van der Waals surface area (Å²) in [6, 6.07) is 0. The highest BCUT2D eigenvalue weighted by Crippen LogP contribution is 2.47. The van der Waals surface area contributed by atoms with Crippen molar-refractivity contribution >= 4 is 0 Å². The molecule has 0 fully saturated rings. The van der Waals surface area contributed by atoms with Crippen LogP contribution in [0.5, 0.6) is 0 Å². The van der Waals surface area contributed by atoms with Gasteiger partial charge >= 0.3 is 0 Å². The first-order valence-corrected chi connectivity index (χ1v) is 4.97. The molecule has 1 aliphatic carbocycles. The van der Waals surface area contributed by atoms with Crippen LogP contribution in [0.4, 0.5) is 0 Å². The fourth-order valence-corrected chi connectivity index (χ4v) is 2.27. The molecule has 0 aromatic rings. The van der Waals surface area contributed by atoms with Crippen molar-refractivity contribution in [3.05, 3.63) is 11.1 Å². The topological polar surface area (TPSA) is 40.5 Å². The molecule has 0 aromatic heterocycles. The number of aliphatic hydroxyl groups is 2. The summed E-state index contributed by atoms with van der Waals surface area (Å²) in [5.41, 5.74) is 2.57. The van der Waals surface area contributed by atoms with Gasteiger partial charge in [-0.15, -0.1) is 0 Å². The second kappa shape index (κ2) is 3.81. The molecule has 13 heavy (non-hydrogen) atoms. The summed E-state index contributed by atoms with van der Waals surface area (Å²) < 4.78 is 0. The van der Waals surface area contributed by atoms with Crippen molar-refractivity contribution in [2.75, 3.05) is 13.2 Å². The lowest BCUT2D eigenvalue weighted by molar-refractivity contribution is 0.264. The molecule has 1 rings (SSSR count). The summed E-state index contributed by atoms with van der Waals surface area (Å²) in [6.45, 7) is 6.95. The van der Waals surface area contributed by atoms with Gasteiger partial charge in [0.15, 0.2) is 0 Å². The lowest BCUT2D eigenvalue weighted by atomic mass is 9.77. The molecule has 1 aliphatic rings. The molecule has 0 amide bonds. The number of hydrogen-bond donors (Lipinski definition) is 2. The lowest BCUT2D eigenvalue weighted by Gasteiger charge is -2.28. The van der Waals surface area contributed by atoms with Crippen molar-refractivity contribution in [1.29, 1.82) is 0 Å². The average Bonchev–Trinajstić information content (AvgIpc) is 2.29. The van der Waals surface area contributed by atoms with Crippen LogP contribution < -0.4 is 0 Å². The maximum Gasteiger partial charge on any atom is 0.0644 e. The lowest BCUT2D eigenvalue weighted by Crippen LogP contribution is -2.19. The van der Waals surface area contributed by atoms with E-state index in [0.717, 1.165) is 12.0 Å². The van der Waals surface area contributed by atoms with Crippen molar-refractivity contribution < 1.29 is 10.2 Å². The van der Waals surface area contributed by atoms with E-state index in [2.05, 4.69) is 20.8 Å². The monoisotopic (exact) mass is 184 g/mol. The molecular formula is C11H20O2. The Kier molecular flexibility index (Phi) is 3.14. The summed E-state index contributed by atoms with van der Waals surface area (Å²) in [6.07, 6.45) is 1.70. The smallest absolute Gasteiger partial charge is 0.0644 e. The fourth-order valence-electron chi connectivity index (χ4n) is 2.27. The molecule has 0 radical (unpaired) electrons. The third-order valence-electron chi connectivity index (χ3n) is 3.54. The van der Waals surface area contributed by atoms with Gasteiger partial charge in [-0.1, -0.05) is 26.3 Å². The highest BCUT2D eigenvalue weighted by atomic mass is 16.3. The Labute approximate surface area is 80.3 Å². The Balaban J connectivity index is 2.91. The molecule has 2 N–H and O–H groups in total. The highest BCUT2D eigenvalue weighted by Gasteiger charge is 2.37. The van der Waals surface area contributed by atoms with Crippen LogP contribution in [0, 0.1) is 11.3 Å². The average molecular weight is 184 g/mol. The van der Waals surface area contributed by atoms with Crippen LogP contribution in [0.1, 0.15) is 33.6 Å². The van der Waals surface area contributed by atoms with Gasteiger partial charge in [0.2, 0.25) is 0 Å². The summed E-state index contributed by atoms with van der Waals surface area (Å²) in [7, 11) is 0. The fraction of sp³-hybridized carbons (Fsp3) is 0.818. The first-order valence-electron chi connectivity index (χ1n) is 4.97. The quantitative estimate of drug-likeness (QED) is 0.656. The van der Waals surface area contributed by atoms with Gasteiger partial charge in [0, 0.05) is 6.61 Å². The van der Waals surface area contributed by atoms with Gasteiger partial charge < -0.3 is 10.2 Å². The van der Waals surface area contributed by atoms with Crippen LogP contribution >= 0.6 is 0 Å². The van der Waals surface area contributed by atoms with Gasteiger partial charge in [0.25, 0.3) is 0 Å². The maximum absolute atomic E-state index is 9.17. The molecule has 0 saturated carbocycles. The van der Waals surface area contributed by atoms with Crippen molar-refractivity contribution in [2.45, 2.75) is 33.6 Å². The predicted molar refractivity (Wildman–Crippen MR) is 53.4 cm³/mol. The molecule has 1 atom stereocenters. The van der Waals surface area contributed by atoms with E-state index in [4.69, 9.17) is 5.11 Å². The Morgan fingerprint density at radius 3 is 2.46 bits per heavy atom. The molecule has 2 nitrogen and oxygen atoms in total. The molecule has 0 aliphatic heterocycles. The Morgan fingerprint density at radius 2 is 2.00 bits per heavy atom. The summed E-state index contributed by atoms with van der Waals surface area (Å²) >= 11 is 0. The van der Waals surface area contributed by atoms with E-state index in [1.165, 1.54) is 5.57 Å². The SMILES string of the molecule is CC1CC(CO)=C(CCO)C1(C)C. The van der Waals surface area contributed by atoms with Crippen LogP contribution in [-0.2, 0) is 0 Å². The molecule has 0 bridgehead atoms. The van der Waals surface area contributed by atoms with E-state index in [0.29, 0.717) is 12.3 Å². The van der Waals surface area contributed by atoms with Crippen molar-refractivity contribution in [1.82, 2.24) is 0 Å². The van der Waals surface area contributed by atoms with E-state index < -0.39 is 0 Å². The minimum Gasteiger partial charge on any atom is -0.396 e. The zero-order valence-corrected chi connectivity index (χ0v) is 8.80. The number of rotatable bonds is 3. The highest BCUT2D eigenvalue weighted by molar-refractivity contribution is 5.28. The van der Waals surface area contributed by atoms with Crippen molar-refractivity contribution in [3.63, 3.8) is 0 Å². The minimum atomic E-state index is 0.154. The molecule has 76 valence electrons. The first-order chi connectivity index (χ1) is 6.04. The summed E-state index contributed by atoms with van der Waals surface area (Å²) in [5, 5.41) is 18.1.